The van der Waals surface area contributed by atoms with Gasteiger partial charge in [-0.05, 0) is 25.3 Å². The maximum atomic E-state index is 12.0. The Labute approximate surface area is 95.6 Å². The van der Waals surface area contributed by atoms with Crippen LogP contribution >= 0.6 is 0 Å². The van der Waals surface area contributed by atoms with Crippen LogP contribution in [-0.4, -0.2) is 12.1 Å². The summed E-state index contributed by atoms with van der Waals surface area (Å²) in [5.41, 5.74) is 2.08. The van der Waals surface area contributed by atoms with Crippen molar-refractivity contribution < 1.29 is 9.53 Å². The number of cyclic esters (lactones) is 1. The van der Waals surface area contributed by atoms with E-state index in [0.29, 0.717) is 5.92 Å². The lowest BCUT2D eigenvalue weighted by molar-refractivity contribution is -0.146. The first-order valence-corrected chi connectivity index (χ1v) is 5.96. The molecule has 1 aliphatic carbocycles. The Kier molecular flexibility index (Phi) is 1.91. The van der Waals surface area contributed by atoms with E-state index >= 15 is 0 Å². The topological polar surface area (TPSA) is 26.3 Å². The van der Waals surface area contributed by atoms with Gasteiger partial charge in [-0.3, -0.25) is 4.79 Å². The van der Waals surface area contributed by atoms with E-state index in [-0.39, 0.29) is 17.5 Å². The molecule has 0 unspecified atom stereocenters. The average Bonchev–Trinajstić information content (AvgIpc) is 2.96. The molecule has 0 spiro atoms. The first kappa shape index (κ1) is 9.88. The Morgan fingerprint density at radius 2 is 2.31 bits per heavy atom. The van der Waals surface area contributed by atoms with Gasteiger partial charge in [-0.2, -0.15) is 0 Å². The lowest BCUT2D eigenvalue weighted by Crippen LogP contribution is -2.19. The number of rotatable bonds is 2. The Morgan fingerprint density at radius 3 is 2.88 bits per heavy atom. The number of carbonyl (C=O) groups excluding carboxylic acids is 1. The van der Waals surface area contributed by atoms with E-state index in [2.05, 4.69) is 32.0 Å². The molecule has 3 atom stereocenters. The quantitative estimate of drug-likeness (QED) is 0.710. The molecule has 0 radical (unpaired) electrons. The third kappa shape index (κ3) is 1.10. The van der Waals surface area contributed by atoms with E-state index in [1.54, 1.807) is 0 Å². The van der Waals surface area contributed by atoms with Crippen LogP contribution in [0.2, 0.25) is 0 Å². The van der Waals surface area contributed by atoms with E-state index in [1.165, 1.54) is 5.56 Å². The second-order valence-corrected chi connectivity index (χ2v) is 5.00. The fourth-order valence-corrected chi connectivity index (χ4v) is 3.04. The molecule has 2 heteroatoms. The fourth-order valence-electron chi connectivity index (χ4n) is 3.04. The summed E-state index contributed by atoms with van der Waals surface area (Å²) in [6.45, 7) is 4.15. The van der Waals surface area contributed by atoms with Crippen LogP contribution in [0.4, 0.5) is 0 Å². The molecule has 1 saturated heterocycles. The fraction of sp³-hybridized carbons (Fsp3) is 0.500. The van der Waals surface area contributed by atoms with E-state index in [0.717, 1.165) is 18.4 Å². The van der Waals surface area contributed by atoms with Gasteiger partial charge >= 0.3 is 5.97 Å². The maximum absolute atomic E-state index is 12.0. The summed E-state index contributed by atoms with van der Waals surface area (Å²) in [5, 5.41) is 0. The second-order valence-electron chi connectivity index (χ2n) is 5.00. The Balaban J connectivity index is 2.00. The molecule has 1 saturated carbocycles. The van der Waals surface area contributed by atoms with Crippen molar-refractivity contribution in [1.82, 2.24) is 0 Å². The van der Waals surface area contributed by atoms with Crippen molar-refractivity contribution in [1.29, 1.82) is 0 Å². The molecule has 3 rings (SSSR count). The molecular formula is C14H16O2. The van der Waals surface area contributed by atoms with Gasteiger partial charge in [-0.25, -0.2) is 0 Å². The van der Waals surface area contributed by atoms with Crippen molar-refractivity contribution in [2.24, 2.45) is 5.92 Å². The molecule has 2 nitrogen and oxygen atoms in total. The second kappa shape index (κ2) is 3.09. The molecule has 1 aromatic carbocycles. The zero-order valence-electron chi connectivity index (χ0n) is 9.69. The molecule has 84 valence electrons. The molecular weight excluding hydrogens is 200 g/mol. The SMILES string of the molecule is CC[C@@H]1OC(=O)[C@@]2(c3cccc(C)c3)C[C@@H]12. The molecule has 16 heavy (non-hydrogen) atoms. The molecule has 1 aliphatic heterocycles. The zero-order chi connectivity index (χ0) is 11.3. The minimum Gasteiger partial charge on any atom is -0.461 e. The number of fused-ring (bicyclic) bond motifs is 1. The van der Waals surface area contributed by atoms with Crippen LogP contribution < -0.4 is 0 Å². The van der Waals surface area contributed by atoms with Gasteiger partial charge < -0.3 is 4.74 Å². The number of esters is 1. The first-order chi connectivity index (χ1) is 7.68. The summed E-state index contributed by atoms with van der Waals surface area (Å²) in [4.78, 5) is 12.0. The molecule has 0 N–H and O–H groups in total. The average molecular weight is 216 g/mol. The van der Waals surface area contributed by atoms with Crippen LogP contribution in [0, 0.1) is 12.8 Å². The molecule has 2 fully saturated rings. The van der Waals surface area contributed by atoms with Crippen molar-refractivity contribution in [2.75, 3.05) is 0 Å². The van der Waals surface area contributed by atoms with Gasteiger partial charge in [0.15, 0.2) is 0 Å². The summed E-state index contributed by atoms with van der Waals surface area (Å²) in [5.74, 6) is 0.418. The predicted octanol–water partition coefficient (Wildman–Crippen LogP) is 2.59. The van der Waals surface area contributed by atoms with Gasteiger partial charge in [0.1, 0.15) is 6.10 Å². The lowest BCUT2D eigenvalue weighted by atomic mass is 9.92. The van der Waals surface area contributed by atoms with Crippen LogP contribution in [0.15, 0.2) is 24.3 Å². The van der Waals surface area contributed by atoms with E-state index in [4.69, 9.17) is 4.74 Å². The zero-order valence-corrected chi connectivity index (χ0v) is 9.69. The smallest absolute Gasteiger partial charge is 0.317 e. The number of hydrogen-bond donors (Lipinski definition) is 0. The third-order valence-electron chi connectivity index (χ3n) is 4.02. The van der Waals surface area contributed by atoms with Gasteiger partial charge in [-0.1, -0.05) is 36.8 Å². The van der Waals surface area contributed by atoms with Crippen molar-refractivity contribution in [3.8, 4) is 0 Å². The summed E-state index contributed by atoms with van der Waals surface area (Å²) >= 11 is 0. The number of aryl methyl sites for hydroxylation is 1. The largest absolute Gasteiger partial charge is 0.461 e. The highest BCUT2D eigenvalue weighted by molar-refractivity contribution is 5.90. The summed E-state index contributed by atoms with van der Waals surface area (Å²) < 4.78 is 5.43. The van der Waals surface area contributed by atoms with Crippen LogP contribution in [0.5, 0.6) is 0 Å². The third-order valence-corrected chi connectivity index (χ3v) is 4.02. The van der Waals surface area contributed by atoms with Crippen LogP contribution in [0.3, 0.4) is 0 Å². The van der Waals surface area contributed by atoms with Crippen molar-refractivity contribution in [3.63, 3.8) is 0 Å². The van der Waals surface area contributed by atoms with E-state index < -0.39 is 0 Å². The highest BCUT2D eigenvalue weighted by Crippen LogP contribution is 2.62. The van der Waals surface area contributed by atoms with E-state index in [1.807, 2.05) is 6.07 Å². The highest BCUT2D eigenvalue weighted by Gasteiger charge is 2.70. The Hall–Kier alpha value is -1.31. The van der Waals surface area contributed by atoms with Crippen molar-refractivity contribution >= 4 is 5.97 Å². The van der Waals surface area contributed by atoms with Gasteiger partial charge in [0.05, 0.1) is 5.41 Å². The number of ether oxygens (including phenoxy) is 1. The first-order valence-electron chi connectivity index (χ1n) is 5.96. The predicted molar refractivity (Wildman–Crippen MR) is 61.1 cm³/mol. The molecule has 1 heterocycles. The number of benzene rings is 1. The minimum absolute atomic E-state index is 0.00468. The van der Waals surface area contributed by atoms with Crippen molar-refractivity contribution in [3.05, 3.63) is 35.4 Å². The van der Waals surface area contributed by atoms with Gasteiger partial charge in [-0.15, -0.1) is 0 Å². The molecule has 1 aromatic rings. The molecule has 0 aromatic heterocycles. The minimum atomic E-state index is -0.285. The summed E-state index contributed by atoms with van der Waals surface area (Å²) in [7, 11) is 0. The number of carbonyl (C=O) groups is 1. The highest BCUT2D eigenvalue weighted by atomic mass is 16.6. The number of hydrogen-bond acceptors (Lipinski definition) is 2. The van der Waals surface area contributed by atoms with Gasteiger partial charge in [0.2, 0.25) is 0 Å². The summed E-state index contributed by atoms with van der Waals surface area (Å²) in [6.07, 6.45) is 2.06. The maximum Gasteiger partial charge on any atom is 0.317 e. The molecule has 0 bridgehead atoms. The van der Waals surface area contributed by atoms with Gasteiger partial charge in [0.25, 0.3) is 0 Å². The summed E-state index contributed by atoms with van der Waals surface area (Å²) in [6, 6.07) is 8.28. The van der Waals surface area contributed by atoms with Gasteiger partial charge in [0, 0.05) is 5.92 Å². The lowest BCUT2D eigenvalue weighted by Gasteiger charge is -2.10. The normalized spacial score (nSPS) is 35.8. The Bertz CT molecular complexity index is 452. The van der Waals surface area contributed by atoms with Crippen LogP contribution in [0.1, 0.15) is 30.9 Å². The molecule has 2 aliphatic rings. The Morgan fingerprint density at radius 1 is 1.50 bits per heavy atom. The standard InChI is InChI=1S/C14H16O2/c1-3-12-11-8-14(11,13(15)16-12)10-6-4-5-9(2)7-10/h4-7,11-12H,3,8H2,1-2H3/t11-,12-,14+/m0/s1. The van der Waals surface area contributed by atoms with Crippen molar-refractivity contribution in [2.45, 2.75) is 38.2 Å². The monoisotopic (exact) mass is 216 g/mol. The van der Waals surface area contributed by atoms with Crippen LogP contribution in [0.25, 0.3) is 0 Å². The van der Waals surface area contributed by atoms with E-state index in [9.17, 15) is 4.79 Å². The van der Waals surface area contributed by atoms with Crippen LogP contribution in [-0.2, 0) is 14.9 Å². The molecule has 0 amide bonds.